The molecule has 0 bridgehead atoms. The molecule has 0 amide bonds. The summed E-state index contributed by atoms with van der Waals surface area (Å²) in [6, 6.07) is 0. The Hall–Kier alpha value is 0.0500. The van der Waals surface area contributed by atoms with Crippen molar-refractivity contribution in [1.82, 2.24) is 0 Å². The highest BCUT2D eigenvalue weighted by molar-refractivity contribution is 6.48. The largest absolute Gasteiger partial charge is 0.469 e. The molecule has 0 aliphatic rings. The van der Waals surface area contributed by atoms with Crippen LogP contribution in [0.3, 0.4) is 0 Å². The van der Waals surface area contributed by atoms with Gasteiger partial charge in [-0.25, -0.2) is 0 Å². The fraction of sp³-hybridized carbons (Fsp3) is 0.923. The van der Waals surface area contributed by atoms with Crippen molar-refractivity contribution >= 4 is 29.2 Å². The van der Waals surface area contributed by atoms with Crippen LogP contribution in [-0.4, -0.2) is 17.4 Å². The van der Waals surface area contributed by atoms with Gasteiger partial charge in [0.15, 0.2) is 0 Å². The molecule has 102 valence electrons. The molecule has 0 unspecified atom stereocenters. The van der Waals surface area contributed by atoms with Crippen molar-refractivity contribution in [2.45, 2.75) is 69.0 Å². The molecule has 0 atom stereocenters. The van der Waals surface area contributed by atoms with E-state index in [0.29, 0.717) is 12.8 Å². The summed E-state index contributed by atoms with van der Waals surface area (Å²) in [5.41, 5.74) is 0. The maximum Gasteiger partial charge on any atom is 0.305 e. The van der Waals surface area contributed by atoms with Crippen molar-refractivity contribution in [2.75, 3.05) is 7.11 Å². The lowest BCUT2D eigenvalue weighted by Crippen LogP contribution is -2.15. The standard InChI is InChI=1S/C13H24Cl2O2/c1-3-4-5-6-7-8-10-13(14,15)11-9-12(16)17-2/h3-11H2,1-2H3. The van der Waals surface area contributed by atoms with E-state index in [1.54, 1.807) is 0 Å². The van der Waals surface area contributed by atoms with Crippen molar-refractivity contribution < 1.29 is 9.53 Å². The van der Waals surface area contributed by atoms with Crippen molar-refractivity contribution in [2.24, 2.45) is 0 Å². The number of ether oxygens (including phenoxy) is 1. The van der Waals surface area contributed by atoms with Gasteiger partial charge in [-0.05, 0) is 12.8 Å². The van der Waals surface area contributed by atoms with Crippen LogP contribution in [0.5, 0.6) is 0 Å². The predicted octanol–water partition coefficient (Wildman–Crippen LogP) is 4.86. The molecule has 2 nitrogen and oxygen atoms in total. The predicted molar refractivity (Wildman–Crippen MR) is 73.7 cm³/mol. The maximum atomic E-state index is 11.0. The summed E-state index contributed by atoms with van der Waals surface area (Å²) in [6.07, 6.45) is 8.79. The van der Waals surface area contributed by atoms with Crippen LogP contribution in [0.15, 0.2) is 0 Å². The molecule has 4 heteroatoms. The summed E-state index contributed by atoms with van der Waals surface area (Å²) in [6.45, 7) is 2.20. The summed E-state index contributed by atoms with van der Waals surface area (Å²) < 4.78 is 3.78. The van der Waals surface area contributed by atoms with Gasteiger partial charge in [-0.3, -0.25) is 4.79 Å². The second-order valence-corrected chi connectivity index (χ2v) is 6.09. The zero-order chi connectivity index (χ0) is 13.1. The first-order chi connectivity index (χ1) is 8.02. The Morgan fingerprint density at radius 3 is 2.24 bits per heavy atom. The van der Waals surface area contributed by atoms with Crippen LogP contribution >= 0.6 is 23.2 Å². The third-order valence-corrected chi connectivity index (χ3v) is 3.57. The summed E-state index contributed by atoms with van der Waals surface area (Å²) in [7, 11) is 1.38. The molecule has 0 aromatic rings. The lowest BCUT2D eigenvalue weighted by Gasteiger charge is -2.18. The van der Waals surface area contributed by atoms with Crippen molar-refractivity contribution in [3.8, 4) is 0 Å². The Bertz CT molecular complexity index is 206. The van der Waals surface area contributed by atoms with Crippen LogP contribution in [0.1, 0.15) is 64.7 Å². The van der Waals surface area contributed by atoms with Gasteiger partial charge in [0.25, 0.3) is 0 Å². The molecule has 0 aliphatic heterocycles. The topological polar surface area (TPSA) is 26.3 Å². The third-order valence-electron chi connectivity index (χ3n) is 2.82. The molecule has 0 N–H and O–H groups in total. The number of carbonyl (C=O) groups is 1. The summed E-state index contributed by atoms with van der Waals surface area (Å²) >= 11 is 12.3. The minimum absolute atomic E-state index is 0.251. The van der Waals surface area contributed by atoms with Crippen molar-refractivity contribution in [1.29, 1.82) is 0 Å². The van der Waals surface area contributed by atoms with Crippen molar-refractivity contribution in [3.05, 3.63) is 0 Å². The van der Waals surface area contributed by atoms with Gasteiger partial charge in [0, 0.05) is 6.42 Å². The van der Waals surface area contributed by atoms with Gasteiger partial charge in [0.1, 0.15) is 4.33 Å². The van der Waals surface area contributed by atoms with Gasteiger partial charge >= 0.3 is 5.97 Å². The van der Waals surface area contributed by atoms with E-state index in [-0.39, 0.29) is 5.97 Å². The fourth-order valence-electron chi connectivity index (χ4n) is 1.68. The first-order valence-electron chi connectivity index (χ1n) is 6.46. The normalized spacial score (nSPS) is 11.5. The van der Waals surface area contributed by atoms with Crippen LogP contribution < -0.4 is 0 Å². The molecular formula is C13H24Cl2O2. The van der Waals surface area contributed by atoms with Gasteiger partial charge < -0.3 is 4.74 Å². The Labute approximate surface area is 115 Å². The molecule has 0 rings (SSSR count). The quantitative estimate of drug-likeness (QED) is 0.325. The van der Waals surface area contributed by atoms with Gasteiger partial charge in [0.2, 0.25) is 0 Å². The number of esters is 1. The summed E-state index contributed by atoms with van der Waals surface area (Å²) in [5, 5.41) is 0. The van der Waals surface area contributed by atoms with E-state index in [2.05, 4.69) is 11.7 Å². The van der Waals surface area contributed by atoms with Crippen LogP contribution in [0.25, 0.3) is 0 Å². The molecule has 0 fully saturated rings. The van der Waals surface area contributed by atoms with E-state index < -0.39 is 4.33 Å². The molecule has 0 saturated carbocycles. The monoisotopic (exact) mass is 282 g/mol. The highest BCUT2D eigenvalue weighted by atomic mass is 35.5. The van der Waals surface area contributed by atoms with Crippen LogP contribution in [-0.2, 0) is 9.53 Å². The lowest BCUT2D eigenvalue weighted by atomic mass is 10.1. The lowest BCUT2D eigenvalue weighted by molar-refractivity contribution is -0.140. The second-order valence-electron chi connectivity index (χ2n) is 4.45. The molecule has 0 radical (unpaired) electrons. The van der Waals surface area contributed by atoms with E-state index in [0.717, 1.165) is 12.8 Å². The number of hydrogen-bond donors (Lipinski definition) is 0. The summed E-state index contributed by atoms with van der Waals surface area (Å²) in [5.74, 6) is -0.251. The van der Waals surface area contributed by atoms with Crippen molar-refractivity contribution in [3.63, 3.8) is 0 Å². The van der Waals surface area contributed by atoms with Crippen LogP contribution in [0.2, 0.25) is 0 Å². The van der Waals surface area contributed by atoms with E-state index in [1.807, 2.05) is 0 Å². The highest BCUT2D eigenvalue weighted by Gasteiger charge is 2.24. The molecule has 0 spiro atoms. The number of rotatable bonds is 10. The number of methoxy groups -OCH3 is 1. The molecule has 0 heterocycles. The SMILES string of the molecule is CCCCCCCCC(Cl)(Cl)CCC(=O)OC. The van der Waals surface area contributed by atoms with E-state index in [4.69, 9.17) is 23.2 Å². The Balaban J connectivity index is 3.53. The van der Waals surface area contributed by atoms with E-state index in [9.17, 15) is 4.79 Å². The molecule has 0 aromatic carbocycles. The number of alkyl halides is 2. The average Bonchev–Trinajstić information content (AvgIpc) is 2.30. The van der Waals surface area contributed by atoms with Crippen LogP contribution in [0.4, 0.5) is 0 Å². The molecule has 0 aliphatic carbocycles. The first kappa shape index (κ1) is 17.1. The first-order valence-corrected chi connectivity index (χ1v) is 7.22. The smallest absolute Gasteiger partial charge is 0.305 e. The van der Waals surface area contributed by atoms with Gasteiger partial charge in [-0.1, -0.05) is 45.4 Å². The minimum atomic E-state index is -0.779. The number of halogens is 2. The molecule has 0 saturated heterocycles. The second kappa shape index (κ2) is 10.0. The van der Waals surface area contributed by atoms with Crippen LogP contribution in [0, 0.1) is 0 Å². The fourth-order valence-corrected chi connectivity index (χ4v) is 2.13. The number of unbranched alkanes of at least 4 members (excludes halogenated alkanes) is 5. The zero-order valence-electron chi connectivity index (χ0n) is 10.9. The van der Waals surface area contributed by atoms with E-state index in [1.165, 1.54) is 39.2 Å². The van der Waals surface area contributed by atoms with Gasteiger partial charge in [0.05, 0.1) is 7.11 Å². The Morgan fingerprint density at radius 1 is 1.06 bits per heavy atom. The highest BCUT2D eigenvalue weighted by Crippen LogP contribution is 2.33. The Morgan fingerprint density at radius 2 is 1.65 bits per heavy atom. The number of carbonyl (C=O) groups excluding carboxylic acids is 1. The molecule has 0 aromatic heterocycles. The van der Waals surface area contributed by atoms with Gasteiger partial charge in [-0.2, -0.15) is 0 Å². The zero-order valence-corrected chi connectivity index (χ0v) is 12.4. The van der Waals surface area contributed by atoms with Gasteiger partial charge in [-0.15, -0.1) is 23.2 Å². The number of hydrogen-bond acceptors (Lipinski definition) is 2. The molecular weight excluding hydrogens is 259 g/mol. The summed E-state index contributed by atoms with van der Waals surface area (Å²) in [4.78, 5) is 11.0. The van der Waals surface area contributed by atoms with E-state index >= 15 is 0 Å². The average molecular weight is 283 g/mol. The minimum Gasteiger partial charge on any atom is -0.469 e. The third kappa shape index (κ3) is 10.9. The Kier molecular flexibility index (Phi) is 10.0. The maximum absolute atomic E-state index is 11.0. The molecule has 17 heavy (non-hydrogen) atoms.